The molecule has 1 fully saturated rings. The van der Waals surface area contributed by atoms with E-state index in [0.29, 0.717) is 48.1 Å². The van der Waals surface area contributed by atoms with E-state index in [1.54, 1.807) is 52.3 Å². The molecule has 2 heterocycles. The van der Waals surface area contributed by atoms with E-state index in [4.69, 9.17) is 9.47 Å². The van der Waals surface area contributed by atoms with Crippen LogP contribution in [0.15, 0.2) is 42.5 Å². The average molecular weight is 423 g/mol. The number of ether oxygens (including phenoxy) is 2. The van der Waals surface area contributed by atoms with Crippen molar-refractivity contribution in [3.63, 3.8) is 0 Å². The Morgan fingerprint density at radius 3 is 2.48 bits per heavy atom. The zero-order valence-electron chi connectivity index (χ0n) is 17.6. The highest BCUT2D eigenvalue weighted by atomic mass is 16.7. The van der Waals surface area contributed by atoms with Gasteiger partial charge in [-0.25, -0.2) is 0 Å². The van der Waals surface area contributed by atoms with Gasteiger partial charge in [-0.15, -0.1) is 0 Å². The Labute approximate surface area is 180 Å². The van der Waals surface area contributed by atoms with E-state index in [1.807, 2.05) is 13.8 Å². The van der Waals surface area contributed by atoms with Gasteiger partial charge in [0.25, 0.3) is 5.91 Å². The monoisotopic (exact) mass is 423 g/mol. The fraction of sp³-hybridized carbons (Fsp3) is 0.348. The molecule has 2 aromatic carbocycles. The maximum Gasteiger partial charge on any atom is 0.253 e. The fourth-order valence-corrected chi connectivity index (χ4v) is 3.82. The lowest BCUT2D eigenvalue weighted by Gasteiger charge is -2.19. The fourth-order valence-electron chi connectivity index (χ4n) is 3.82. The Morgan fingerprint density at radius 2 is 1.77 bits per heavy atom. The molecule has 162 valence electrons. The second-order valence-corrected chi connectivity index (χ2v) is 7.49. The molecule has 1 saturated heterocycles. The molecule has 0 saturated carbocycles. The summed E-state index contributed by atoms with van der Waals surface area (Å²) in [4.78, 5) is 41.0. The van der Waals surface area contributed by atoms with Gasteiger partial charge in [-0.2, -0.15) is 0 Å². The minimum atomic E-state index is -0.463. The molecule has 31 heavy (non-hydrogen) atoms. The van der Waals surface area contributed by atoms with E-state index in [2.05, 4.69) is 5.32 Å². The summed E-state index contributed by atoms with van der Waals surface area (Å²) >= 11 is 0. The zero-order chi connectivity index (χ0) is 22.0. The first-order valence-corrected chi connectivity index (χ1v) is 10.4. The summed E-state index contributed by atoms with van der Waals surface area (Å²) in [7, 11) is 0. The van der Waals surface area contributed by atoms with Crippen molar-refractivity contribution in [1.82, 2.24) is 4.90 Å². The summed E-state index contributed by atoms with van der Waals surface area (Å²) in [5.41, 5.74) is 1.85. The predicted molar refractivity (Wildman–Crippen MR) is 115 cm³/mol. The van der Waals surface area contributed by atoms with Crippen LogP contribution in [0.5, 0.6) is 11.5 Å². The van der Waals surface area contributed by atoms with Crippen LogP contribution in [0.3, 0.4) is 0 Å². The number of hydrogen-bond acceptors (Lipinski definition) is 5. The van der Waals surface area contributed by atoms with Gasteiger partial charge < -0.3 is 24.6 Å². The summed E-state index contributed by atoms with van der Waals surface area (Å²) in [6, 6.07) is 12.1. The number of carbonyl (C=O) groups is 3. The van der Waals surface area contributed by atoms with Gasteiger partial charge in [-0.3, -0.25) is 14.4 Å². The maximum atomic E-state index is 12.7. The largest absolute Gasteiger partial charge is 0.454 e. The van der Waals surface area contributed by atoms with Crippen molar-refractivity contribution in [3.05, 3.63) is 48.0 Å². The first-order valence-electron chi connectivity index (χ1n) is 10.4. The van der Waals surface area contributed by atoms with Crippen molar-refractivity contribution in [1.29, 1.82) is 0 Å². The first kappa shape index (κ1) is 20.7. The molecule has 8 nitrogen and oxygen atoms in total. The zero-order valence-corrected chi connectivity index (χ0v) is 17.6. The van der Waals surface area contributed by atoms with Crippen LogP contribution < -0.4 is 19.7 Å². The lowest BCUT2D eigenvalue weighted by molar-refractivity contribution is -0.122. The van der Waals surface area contributed by atoms with Crippen LogP contribution in [0.2, 0.25) is 0 Å². The Balaban J connectivity index is 1.39. The molecular formula is C23H25N3O5. The second-order valence-electron chi connectivity index (χ2n) is 7.49. The molecule has 0 radical (unpaired) electrons. The molecule has 0 aromatic heterocycles. The van der Waals surface area contributed by atoms with Crippen LogP contribution in [-0.2, 0) is 9.59 Å². The molecule has 4 rings (SSSR count). The Morgan fingerprint density at radius 1 is 1.06 bits per heavy atom. The highest BCUT2D eigenvalue weighted by Crippen LogP contribution is 2.37. The highest BCUT2D eigenvalue weighted by molar-refractivity contribution is 6.04. The van der Waals surface area contributed by atoms with Crippen LogP contribution in [-0.4, -0.2) is 49.0 Å². The molecule has 3 amide bonds. The van der Waals surface area contributed by atoms with E-state index < -0.39 is 5.92 Å². The SMILES string of the molecule is CCN(CC)C(=O)c1ccc(NC(=O)[C@H]2CC(=O)N(c3ccc4c(c3)OCO4)C2)cc1. The van der Waals surface area contributed by atoms with Crippen LogP contribution in [0.4, 0.5) is 11.4 Å². The minimum Gasteiger partial charge on any atom is -0.454 e. The van der Waals surface area contributed by atoms with Gasteiger partial charge in [0.1, 0.15) is 0 Å². The number of benzene rings is 2. The minimum absolute atomic E-state index is 0.0383. The molecule has 1 N–H and O–H groups in total. The Bertz CT molecular complexity index is 1000. The van der Waals surface area contributed by atoms with E-state index in [-0.39, 0.29) is 30.9 Å². The summed E-state index contributed by atoms with van der Waals surface area (Å²) in [5, 5.41) is 2.85. The lowest BCUT2D eigenvalue weighted by atomic mass is 10.1. The third kappa shape index (κ3) is 4.19. The van der Waals surface area contributed by atoms with Gasteiger partial charge in [-0.05, 0) is 50.2 Å². The molecular weight excluding hydrogens is 398 g/mol. The summed E-state index contributed by atoms with van der Waals surface area (Å²) in [6.07, 6.45) is 0.138. The summed E-state index contributed by atoms with van der Waals surface area (Å²) in [6.45, 7) is 5.62. The van der Waals surface area contributed by atoms with Crippen LogP contribution in [0, 0.1) is 5.92 Å². The van der Waals surface area contributed by atoms with Crippen LogP contribution >= 0.6 is 0 Å². The Hall–Kier alpha value is -3.55. The van der Waals surface area contributed by atoms with Crippen molar-refractivity contribution in [2.24, 2.45) is 5.92 Å². The van der Waals surface area contributed by atoms with Crippen molar-refractivity contribution in [2.45, 2.75) is 20.3 Å². The first-order chi connectivity index (χ1) is 15.0. The predicted octanol–water partition coefficient (Wildman–Crippen LogP) is 2.89. The van der Waals surface area contributed by atoms with Gasteiger partial charge in [0, 0.05) is 49.1 Å². The van der Waals surface area contributed by atoms with Gasteiger partial charge in [-0.1, -0.05) is 0 Å². The van der Waals surface area contributed by atoms with Crippen molar-refractivity contribution >= 4 is 29.1 Å². The van der Waals surface area contributed by atoms with E-state index in [9.17, 15) is 14.4 Å². The van der Waals surface area contributed by atoms with Crippen LogP contribution in [0.25, 0.3) is 0 Å². The normalized spacial score (nSPS) is 17.0. The van der Waals surface area contributed by atoms with Gasteiger partial charge >= 0.3 is 0 Å². The molecule has 0 bridgehead atoms. The van der Waals surface area contributed by atoms with E-state index >= 15 is 0 Å². The van der Waals surface area contributed by atoms with E-state index in [0.717, 1.165) is 0 Å². The number of carbonyl (C=O) groups excluding carboxylic acids is 3. The Kier molecular flexibility index (Phi) is 5.79. The molecule has 1 atom stereocenters. The smallest absolute Gasteiger partial charge is 0.253 e. The van der Waals surface area contributed by atoms with Crippen molar-refractivity contribution in [2.75, 3.05) is 36.6 Å². The van der Waals surface area contributed by atoms with Crippen molar-refractivity contribution in [3.8, 4) is 11.5 Å². The third-order valence-electron chi connectivity index (χ3n) is 5.61. The number of rotatable bonds is 6. The topological polar surface area (TPSA) is 88.2 Å². The van der Waals surface area contributed by atoms with Gasteiger partial charge in [0.15, 0.2) is 11.5 Å². The second kappa shape index (κ2) is 8.67. The third-order valence-corrected chi connectivity index (χ3v) is 5.61. The maximum absolute atomic E-state index is 12.7. The number of nitrogens with one attached hydrogen (secondary N) is 1. The number of nitrogens with zero attached hydrogens (tertiary/aromatic N) is 2. The molecule has 2 aromatic rings. The molecule has 0 spiro atoms. The molecule has 0 aliphatic carbocycles. The molecule has 2 aliphatic rings. The van der Waals surface area contributed by atoms with Crippen molar-refractivity contribution < 1.29 is 23.9 Å². The molecule has 8 heteroatoms. The van der Waals surface area contributed by atoms with Gasteiger partial charge in [0.2, 0.25) is 18.6 Å². The van der Waals surface area contributed by atoms with Crippen LogP contribution in [0.1, 0.15) is 30.6 Å². The molecule has 0 unspecified atom stereocenters. The summed E-state index contributed by atoms with van der Waals surface area (Å²) < 4.78 is 10.7. The lowest BCUT2D eigenvalue weighted by Crippen LogP contribution is -2.30. The number of hydrogen-bond donors (Lipinski definition) is 1. The molecule has 2 aliphatic heterocycles. The summed E-state index contributed by atoms with van der Waals surface area (Å²) in [5.74, 6) is 0.405. The quantitative estimate of drug-likeness (QED) is 0.772. The number of amides is 3. The highest BCUT2D eigenvalue weighted by Gasteiger charge is 2.35. The number of fused-ring (bicyclic) bond motifs is 1. The standard InChI is InChI=1S/C23H25N3O5/c1-3-25(4-2)23(29)15-5-7-17(8-6-15)24-22(28)16-11-21(27)26(13-16)18-9-10-19-20(12-18)31-14-30-19/h5-10,12,16H,3-4,11,13-14H2,1-2H3,(H,24,28)/t16-/m0/s1. The van der Waals surface area contributed by atoms with E-state index in [1.165, 1.54) is 0 Å². The number of anilines is 2. The average Bonchev–Trinajstić information content (AvgIpc) is 3.41. The van der Waals surface area contributed by atoms with Gasteiger partial charge in [0.05, 0.1) is 5.92 Å².